The molecule has 0 aliphatic carbocycles. The Kier molecular flexibility index (Phi) is 6.81. The summed E-state index contributed by atoms with van der Waals surface area (Å²) in [6.07, 6.45) is -4.03. The van der Waals surface area contributed by atoms with Crippen LogP contribution in [0.25, 0.3) is 0 Å². The highest BCUT2D eigenvalue weighted by Gasteiger charge is 2.28. The van der Waals surface area contributed by atoms with Gasteiger partial charge in [0.25, 0.3) is 0 Å². The molecule has 0 saturated heterocycles. The topological polar surface area (TPSA) is 75.6 Å². The molecule has 0 heterocycles. The van der Waals surface area contributed by atoms with Gasteiger partial charge >= 0.3 is 12.1 Å². The van der Waals surface area contributed by atoms with Crippen molar-refractivity contribution in [3.8, 4) is 5.75 Å². The van der Waals surface area contributed by atoms with Crippen LogP contribution < -0.4 is 10.1 Å². The van der Waals surface area contributed by atoms with Gasteiger partial charge in [-0.1, -0.05) is 24.3 Å². The number of carboxylic acids is 1. The van der Waals surface area contributed by atoms with Gasteiger partial charge in [0.2, 0.25) is 5.91 Å². The number of nitrogens with one attached hydrogen (secondary N) is 1. The second kappa shape index (κ2) is 9.07. The van der Waals surface area contributed by atoms with Crippen LogP contribution in [0.15, 0.2) is 48.5 Å². The summed E-state index contributed by atoms with van der Waals surface area (Å²) in [6, 6.07) is 12.7. The first-order valence-corrected chi connectivity index (χ1v) is 8.10. The number of amides is 1. The average molecular weight is 381 g/mol. The van der Waals surface area contributed by atoms with E-state index in [0.717, 1.165) is 5.56 Å². The number of ether oxygens (including phenoxy) is 1. The maximum atomic E-state index is 12.2. The molecule has 2 N–H and O–H groups in total. The van der Waals surface area contributed by atoms with Crippen LogP contribution in [0.4, 0.5) is 18.9 Å². The number of benzene rings is 2. The van der Waals surface area contributed by atoms with Crippen LogP contribution >= 0.6 is 0 Å². The van der Waals surface area contributed by atoms with Crippen molar-refractivity contribution in [1.82, 2.24) is 0 Å². The highest BCUT2D eigenvalue weighted by molar-refractivity contribution is 5.92. The number of carbonyl (C=O) groups excluding carboxylic acids is 1. The van der Waals surface area contributed by atoms with Gasteiger partial charge in [0.1, 0.15) is 5.75 Å². The molecule has 0 atom stereocenters. The quantitative estimate of drug-likeness (QED) is 0.729. The smallest absolute Gasteiger partial charge is 0.422 e. The van der Waals surface area contributed by atoms with E-state index in [9.17, 15) is 22.8 Å². The van der Waals surface area contributed by atoms with E-state index in [1.807, 2.05) is 0 Å². The summed E-state index contributed by atoms with van der Waals surface area (Å²) < 4.78 is 41.2. The minimum atomic E-state index is -4.43. The Labute approximate surface area is 153 Å². The largest absolute Gasteiger partial charge is 0.484 e. The van der Waals surface area contributed by atoms with Gasteiger partial charge in [0.15, 0.2) is 6.61 Å². The SMILES string of the molecule is O=C(O)CCc1ccc(NC(=O)Cc2cccc(OCC(F)(F)F)c2)cc1. The normalized spacial score (nSPS) is 11.1. The van der Waals surface area contributed by atoms with Gasteiger partial charge < -0.3 is 15.2 Å². The summed E-state index contributed by atoms with van der Waals surface area (Å²) in [4.78, 5) is 22.7. The van der Waals surface area contributed by atoms with E-state index in [4.69, 9.17) is 5.11 Å². The number of carbonyl (C=O) groups is 2. The molecule has 0 spiro atoms. The number of hydrogen-bond acceptors (Lipinski definition) is 3. The first-order valence-electron chi connectivity index (χ1n) is 8.10. The van der Waals surface area contributed by atoms with Gasteiger partial charge in [0.05, 0.1) is 6.42 Å². The van der Waals surface area contributed by atoms with E-state index in [-0.39, 0.29) is 24.5 Å². The first-order chi connectivity index (χ1) is 12.7. The summed E-state index contributed by atoms with van der Waals surface area (Å²) in [6.45, 7) is -1.39. The molecule has 0 aliphatic rings. The molecule has 2 rings (SSSR count). The summed E-state index contributed by atoms with van der Waals surface area (Å²) >= 11 is 0. The Hall–Kier alpha value is -3.03. The van der Waals surface area contributed by atoms with Crippen molar-refractivity contribution in [1.29, 1.82) is 0 Å². The zero-order valence-corrected chi connectivity index (χ0v) is 14.3. The monoisotopic (exact) mass is 381 g/mol. The standard InChI is InChI=1S/C19H18F3NO4/c20-19(21,22)12-27-16-3-1-2-14(10-16)11-17(24)23-15-7-4-13(5-8-15)6-9-18(25)26/h1-5,7-8,10H,6,9,11-12H2,(H,23,24)(H,25,26). The van der Waals surface area contributed by atoms with Crippen LogP contribution in [0, 0.1) is 0 Å². The van der Waals surface area contributed by atoms with Gasteiger partial charge in [-0.25, -0.2) is 0 Å². The van der Waals surface area contributed by atoms with Crippen molar-refractivity contribution in [3.63, 3.8) is 0 Å². The molecule has 0 fully saturated rings. The van der Waals surface area contributed by atoms with Crippen LogP contribution in [0.1, 0.15) is 17.5 Å². The molecule has 1 amide bonds. The molecule has 144 valence electrons. The molecule has 2 aromatic carbocycles. The van der Waals surface area contributed by atoms with E-state index in [1.165, 1.54) is 18.2 Å². The van der Waals surface area contributed by atoms with Gasteiger partial charge in [0, 0.05) is 12.1 Å². The molecule has 0 saturated carbocycles. The van der Waals surface area contributed by atoms with Crippen molar-refractivity contribution in [2.45, 2.75) is 25.4 Å². The predicted molar refractivity (Wildman–Crippen MR) is 92.7 cm³/mol. The molecule has 27 heavy (non-hydrogen) atoms. The van der Waals surface area contributed by atoms with Crippen LogP contribution in [0.3, 0.4) is 0 Å². The van der Waals surface area contributed by atoms with Crippen molar-refractivity contribution < 1.29 is 32.6 Å². The van der Waals surface area contributed by atoms with Gasteiger partial charge in [-0.05, 0) is 41.8 Å². The van der Waals surface area contributed by atoms with Gasteiger partial charge in [-0.15, -0.1) is 0 Å². The molecule has 0 radical (unpaired) electrons. The summed E-state index contributed by atoms with van der Waals surface area (Å²) in [5.74, 6) is -1.17. The lowest BCUT2D eigenvalue weighted by molar-refractivity contribution is -0.153. The number of halogens is 3. The van der Waals surface area contributed by atoms with Crippen LogP contribution in [-0.2, 0) is 22.4 Å². The first kappa shape index (κ1) is 20.3. The van der Waals surface area contributed by atoms with E-state index < -0.39 is 18.8 Å². The molecule has 0 aliphatic heterocycles. The minimum Gasteiger partial charge on any atom is -0.484 e. The van der Waals surface area contributed by atoms with Crippen LogP contribution in [0.2, 0.25) is 0 Å². The van der Waals surface area contributed by atoms with Crippen LogP contribution in [0.5, 0.6) is 5.75 Å². The molecule has 0 bridgehead atoms. The Morgan fingerprint density at radius 3 is 2.37 bits per heavy atom. The molecule has 0 aromatic heterocycles. The number of hydrogen-bond donors (Lipinski definition) is 2. The minimum absolute atomic E-state index is 0.0238. The Balaban J connectivity index is 1.89. The molecular formula is C19H18F3NO4. The number of aliphatic carboxylic acids is 1. The molecule has 8 heteroatoms. The summed E-state index contributed by atoms with van der Waals surface area (Å²) in [5, 5.41) is 11.3. The van der Waals surface area contributed by atoms with Gasteiger partial charge in [-0.2, -0.15) is 13.2 Å². The maximum Gasteiger partial charge on any atom is 0.422 e. The van der Waals surface area contributed by atoms with E-state index >= 15 is 0 Å². The Morgan fingerprint density at radius 1 is 1.04 bits per heavy atom. The number of anilines is 1. The number of aryl methyl sites for hydroxylation is 1. The fraction of sp³-hybridized carbons (Fsp3) is 0.263. The lowest BCUT2D eigenvalue weighted by Crippen LogP contribution is -2.19. The second-order valence-electron chi connectivity index (χ2n) is 5.87. The molecule has 5 nitrogen and oxygen atoms in total. The predicted octanol–water partition coefficient (Wildman–Crippen LogP) is 3.83. The summed E-state index contributed by atoms with van der Waals surface area (Å²) in [7, 11) is 0. The van der Waals surface area contributed by atoms with Crippen molar-refractivity contribution in [2.75, 3.05) is 11.9 Å². The number of rotatable bonds is 8. The van der Waals surface area contributed by atoms with E-state index in [2.05, 4.69) is 10.1 Å². The molecule has 2 aromatic rings. The fourth-order valence-corrected chi connectivity index (χ4v) is 2.31. The Morgan fingerprint density at radius 2 is 1.74 bits per heavy atom. The number of carboxylic acid groups (broad SMARTS) is 1. The lowest BCUT2D eigenvalue weighted by Gasteiger charge is -2.10. The van der Waals surface area contributed by atoms with E-state index in [0.29, 0.717) is 17.7 Å². The third kappa shape index (κ3) is 7.81. The van der Waals surface area contributed by atoms with Crippen LogP contribution in [-0.4, -0.2) is 29.8 Å². The van der Waals surface area contributed by atoms with Crippen molar-refractivity contribution >= 4 is 17.6 Å². The zero-order chi connectivity index (χ0) is 19.9. The molecule has 0 unspecified atom stereocenters. The Bertz CT molecular complexity index is 788. The third-order valence-corrected chi connectivity index (χ3v) is 3.53. The average Bonchev–Trinajstić information content (AvgIpc) is 2.59. The zero-order valence-electron chi connectivity index (χ0n) is 14.3. The second-order valence-corrected chi connectivity index (χ2v) is 5.87. The van der Waals surface area contributed by atoms with E-state index in [1.54, 1.807) is 30.3 Å². The highest BCUT2D eigenvalue weighted by Crippen LogP contribution is 2.20. The maximum absolute atomic E-state index is 12.2. The fourth-order valence-electron chi connectivity index (χ4n) is 2.31. The molecular weight excluding hydrogens is 363 g/mol. The lowest BCUT2D eigenvalue weighted by atomic mass is 10.1. The van der Waals surface area contributed by atoms with Crippen molar-refractivity contribution in [2.24, 2.45) is 0 Å². The third-order valence-electron chi connectivity index (χ3n) is 3.53. The van der Waals surface area contributed by atoms with Gasteiger partial charge in [-0.3, -0.25) is 9.59 Å². The number of alkyl halides is 3. The van der Waals surface area contributed by atoms with Crippen molar-refractivity contribution in [3.05, 3.63) is 59.7 Å². The summed E-state index contributed by atoms with van der Waals surface area (Å²) in [5.41, 5.74) is 1.90. The highest BCUT2D eigenvalue weighted by atomic mass is 19.4.